The molecule has 0 bridgehead atoms. The molecule has 0 saturated carbocycles. The van der Waals surface area contributed by atoms with Crippen LogP contribution in [0.1, 0.15) is 0 Å². The highest BCUT2D eigenvalue weighted by Gasteiger charge is 2.14. The number of nitrogens with two attached hydrogens (primary N) is 1. The molecule has 0 aliphatic rings. The predicted octanol–water partition coefficient (Wildman–Crippen LogP) is 0.974. The minimum absolute atomic E-state index is 0.0113. The average Bonchev–Trinajstić information content (AvgIpc) is 2.26. The van der Waals surface area contributed by atoms with Gasteiger partial charge in [0.25, 0.3) is 5.69 Å². The number of anilines is 1. The maximum Gasteiger partial charge on any atom is 0.296 e. The van der Waals surface area contributed by atoms with Crippen molar-refractivity contribution in [1.82, 2.24) is 0 Å². The fourth-order valence-corrected chi connectivity index (χ4v) is 1.15. The van der Waals surface area contributed by atoms with Crippen LogP contribution in [0, 0.1) is 10.1 Å². The van der Waals surface area contributed by atoms with Gasteiger partial charge >= 0.3 is 0 Å². The minimum atomic E-state index is -0.457. The number of nitro groups is 1. The lowest BCUT2D eigenvalue weighted by Crippen LogP contribution is -2.13. The van der Waals surface area contributed by atoms with Gasteiger partial charge in [0.15, 0.2) is 0 Å². The van der Waals surface area contributed by atoms with E-state index in [1.807, 2.05) is 0 Å². The second kappa shape index (κ2) is 5.16. The van der Waals surface area contributed by atoms with Crippen molar-refractivity contribution in [3.63, 3.8) is 0 Å². The Labute approximate surface area is 87.2 Å². The molecule has 0 aromatic heterocycles. The molecule has 0 heterocycles. The highest BCUT2D eigenvalue weighted by Crippen LogP contribution is 2.28. The SMILES string of the molecule is COc1ccc(NCCN)c([N+](=O)[O-])c1. The van der Waals surface area contributed by atoms with E-state index in [-0.39, 0.29) is 5.69 Å². The molecule has 15 heavy (non-hydrogen) atoms. The van der Waals surface area contributed by atoms with Crippen LogP contribution in [0.2, 0.25) is 0 Å². The summed E-state index contributed by atoms with van der Waals surface area (Å²) in [5.74, 6) is 0.458. The Morgan fingerprint density at radius 3 is 2.87 bits per heavy atom. The van der Waals surface area contributed by atoms with E-state index >= 15 is 0 Å². The second-order valence-electron chi connectivity index (χ2n) is 2.86. The van der Waals surface area contributed by atoms with E-state index < -0.39 is 4.92 Å². The van der Waals surface area contributed by atoms with Crippen molar-refractivity contribution in [2.24, 2.45) is 5.73 Å². The fraction of sp³-hybridized carbons (Fsp3) is 0.333. The Morgan fingerprint density at radius 1 is 1.60 bits per heavy atom. The Bertz CT molecular complexity index is 354. The van der Waals surface area contributed by atoms with Crippen molar-refractivity contribution in [2.45, 2.75) is 0 Å². The van der Waals surface area contributed by atoms with Crippen molar-refractivity contribution in [3.8, 4) is 5.75 Å². The molecule has 0 fully saturated rings. The van der Waals surface area contributed by atoms with E-state index in [2.05, 4.69) is 5.32 Å². The fourth-order valence-electron chi connectivity index (χ4n) is 1.15. The van der Waals surface area contributed by atoms with Crippen molar-refractivity contribution < 1.29 is 9.66 Å². The van der Waals surface area contributed by atoms with Crippen LogP contribution in [0.4, 0.5) is 11.4 Å². The van der Waals surface area contributed by atoms with Gasteiger partial charge in [0.1, 0.15) is 11.4 Å². The number of hydrogen-bond acceptors (Lipinski definition) is 5. The van der Waals surface area contributed by atoms with Gasteiger partial charge in [-0.3, -0.25) is 10.1 Å². The van der Waals surface area contributed by atoms with E-state index in [0.717, 1.165) is 0 Å². The van der Waals surface area contributed by atoms with Crippen molar-refractivity contribution in [2.75, 3.05) is 25.5 Å². The van der Waals surface area contributed by atoms with E-state index in [4.69, 9.17) is 10.5 Å². The van der Waals surface area contributed by atoms with E-state index in [1.54, 1.807) is 12.1 Å². The highest BCUT2D eigenvalue weighted by molar-refractivity contribution is 5.63. The van der Waals surface area contributed by atoms with Crippen LogP contribution in [-0.2, 0) is 0 Å². The predicted molar refractivity (Wildman–Crippen MR) is 57.2 cm³/mol. The molecular weight excluding hydrogens is 198 g/mol. The number of nitrogens with zero attached hydrogens (tertiary/aromatic N) is 1. The number of nitrogens with one attached hydrogen (secondary N) is 1. The first-order valence-corrected chi connectivity index (χ1v) is 4.45. The Hall–Kier alpha value is -1.82. The summed E-state index contributed by atoms with van der Waals surface area (Å²) in [5.41, 5.74) is 5.74. The number of hydrogen-bond donors (Lipinski definition) is 2. The lowest BCUT2D eigenvalue weighted by Gasteiger charge is -2.06. The summed E-state index contributed by atoms with van der Waals surface area (Å²) in [4.78, 5) is 10.3. The van der Waals surface area contributed by atoms with Crippen molar-refractivity contribution in [3.05, 3.63) is 28.3 Å². The van der Waals surface area contributed by atoms with Gasteiger partial charge in [-0.15, -0.1) is 0 Å². The summed E-state index contributed by atoms with van der Waals surface area (Å²) in [5, 5.41) is 13.6. The first-order chi connectivity index (χ1) is 7.19. The molecule has 1 aromatic rings. The van der Waals surface area contributed by atoms with Gasteiger partial charge in [0.05, 0.1) is 18.1 Å². The molecule has 0 atom stereocenters. The zero-order valence-electron chi connectivity index (χ0n) is 8.40. The van der Waals surface area contributed by atoms with Crippen molar-refractivity contribution in [1.29, 1.82) is 0 Å². The molecular formula is C9H13N3O3. The van der Waals surface area contributed by atoms with Gasteiger partial charge in [-0.05, 0) is 12.1 Å². The third kappa shape index (κ3) is 2.81. The number of rotatable bonds is 5. The molecule has 0 aliphatic carbocycles. The monoisotopic (exact) mass is 211 g/mol. The highest BCUT2D eigenvalue weighted by atomic mass is 16.6. The van der Waals surface area contributed by atoms with Crippen LogP contribution in [0.5, 0.6) is 5.75 Å². The van der Waals surface area contributed by atoms with Crippen LogP contribution in [0.15, 0.2) is 18.2 Å². The summed E-state index contributed by atoms with van der Waals surface area (Å²) < 4.78 is 4.91. The van der Waals surface area contributed by atoms with Crippen molar-refractivity contribution >= 4 is 11.4 Å². The van der Waals surface area contributed by atoms with Crippen LogP contribution < -0.4 is 15.8 Å². The lowest BCUT2D eigenvalue weighted by atomic mass is 10.2. The quantitative estimate of drug-likeness (QED) is 0.559. The molecule has 0 radical (unpaired) electrons. The third-order valence-electron chi connectivity index (χ3n) is 1.86. The van der Waals surface area contributed by atoms with Crippen LogP contribution >= 0.6 is 0 Å². The van der Waals surface area contributed by atoms with Crippen LogP contribution in [-0.4, -0.2) is 25.1 Å². The van der Waals surface area contributed by atoms with Gasteiger partial charge < -0.3 is 15.8 Å². The first kappa shape index (κ1) is 11.3. The van der Waals surface area contributed by atoms with Crippen LogP contribution in [0.25, 0.3) is 0 Å². The Balaban J connectivity index is 2.98. The normalized spacial score (nSPS) is 9.73. The molecule has 6 heteroatoms. The molecule has 6 nitrogen and oxygen atoms in total. The van der Waals surface area contributed by atoms with E-state index in [1.165, 1.54) is 13.2 Å². The summed E-state index contributed by atoms with van der Waals surface area (Å²) in [6.07, 6.45) is 0. The Kier molecular flexibility index (Phi) is 3.87. The van der Waals surface area contributed by atoms with E-state index in [0.29, 0.717) is 24.5 Å². The first-order valence-electron chi connectivity index (χ1n) is 4.45. The summed E-state index contributed by atoms with van der Waals surface area (Å²) in [6, 6.07) is 4.64. The second-order valence-corrected chi connectivity index (χ2v) is 2.86. The van der Waals surface area contributed by atoms with Gasteiger partial charge in [-0.1, -0.05) is 0 Å². The Morgan fingerprint density at radius 2 is 2.33 bits per heavy atom. The maximum absolute atomic E-state index is 10.7. The van der Waals surface area contributed by atoms with Gasteiger partial charge in [-0.25, -0.2) is 0 Å². The molecule has 3 N–H and O–H groups in total. The topological polar surface area (TPSA) is 90.4 Å². The zero-order valence-corrected chi connectivity index (χ0v) is 8.40. The standard InChI is InChI=1S/C9H13N3O3/c1-15-7-2-3-8(11-5-4-10)9(6-7)12(13)14/h2-3,6,11H,4-5,10H2,1H3. The molecule has 0 unspecified atom stereocenters. The summed E-state index contributed by atoms with van der Waals surface area (Å²) in [6.45, 7) is 0.913. The number of nitro benzene ring substituents is 1. The van der Waals surface area contributed by atoms with Crippen LogP contribution in [0.3, 0.4) is 0 Å². The van der Waals surface area contributed by atoms with Gasteiger partial charge in [0, 0.05) is 13.1 Å². The molecule has 0 amide bonds. The molecule has 0 saturated heterocycles. The molecule has 0 aliphatic heterocycles. The van der Waals surface area contributed by atoms with Gasteiger partial charge in [-0.2, -0.15) is 0 Å². The largest absolute Gasteiger partial charge is 0.496 e. The minimum Gasteiger partial charge on any atom is -0.496 e. The number of ether oxygens (including phenoxy) is 1. The molecule has 1 rings (SSSR count). The zero-order chi connectivity index (χ0) is 11.3. The average molecular weight is 211 g/mol. The number of benzene rings is 1. The summed E-state index contributed by atoms with van der Waals surface area (Å²) in [7, 11) is 1.46. The molecule has 1 aromatic carbocycles. The summed E-state index contributed by atoms with van der Waals surface area (Å²) >= 11 is 0. The van der Waals surface area contributed by atoms with Gasteiger partial charge in [0.2, 0.25) is 0 Å². The third-order valence-corrected chi connectivity index (χ3v) is 1.86. The number of methoxy groups -OCH3 is 1. The lowest BCUT2D eigenvalue weighted by molar-refractivity contribution is -0.384. The molecule has 82 valence electrons. The smallest absolute Gasteiger partial charge is 0.296 e. The molecule has 0 spiro atoms. The maximum atomic E-state index is 10.7. The van der Waals surface area contributed by atoms with E-state index in [9.17, 15) is 10.1 Å².